The Hall–Kier alpha value is -2.35. The van der Waals surface area contributed by atoms with E-state index in [-0.39, 0.29) is 23.6 Å². The lowest BCUT2D eigenvalue weighted by Gasteiger charge is -2.42. The minimum absolute atomic E-state index is 0.00167. The largest absolute Gasteiger partial charge is 0.450 e. The smallest absolute Gasteiger partial charge is 0.409 e. The first-order valence-electron chi connectivity index (χ1n) is 12.1. The lowest BCUT2D eigenvalue weighted by molar-refractivity contribution is 0.0798. The van der Waals surface area contributed by atoms with Crippen LogP contribution in [-0.4, -0.2) is 78.8 Å². The van der Waals surface area contributed by atoms with E-state index in [4.69, 9.17) is 4.74 Å². The van der Waals surface area contributed by atoms with Crippen molar-refractivity contribution in [2.24, 2.45) is 5.92 Å². The molecule has 2 saturated heterocycles. The van der Waals surface area contributed by atoms with Crippen LogP contribution in [0.3, 0.4) is 0 Å². The third-order valence-electron chi connectivity index (χ3n) is 7.20. The number of piperidine rings is 2. The zero-order chi connectivity index (χ0) is 22.7. The summed E-state index contributed by atoms with van der Waals surface area (Å²) in [5.74, 6) is 1.45. The molecule has 0 saturated carbocycles. The van der Waals surface area contributed by atoms with Gasteiger partial charge in [0.15, 0.2) is 0 Å². The first-order chi connectivity index (χ1) is 15.4. The van der Waals surface area contributed by atoms with E-state index in [1.165, 1.54) is 5.56 Å². The fourth-order valence-corrected chi connectivity index (χ4v) is 5.45. The molecule has 0 radical (unpaired) electrons. The predicted octanol–water partition coefficient (Wildman–Crippen LogP) is 3.22. The first-order valence-corrected chi connectivity index (χ1v) is 12.1. The van der Waals surface area contributed by atoms with Crippen molar-refractivity contribution < 1.29 is 14.3 Å². The second-order valence-corrected chi connectivity index (χ2v) is 9.78. The van der Waals surface area contributed by atoms with Crippen molar-refractivity contribution in [1.82, 2.24) is 20.1 Å². The second-order valence-electron chi connectivity index (χ2n) is 9.78. The highest BCUT2D eigenvalue weighted by Crippen LogP contribution is 2.46. The lowest BCUT2D eigenvalue weighted by Crippen LogP contribution is -2.50. The van der Waals surface area contributed by atoms with Crippen molar-refractivity contribution in [3.05, 3.63) is 23.9 Å². The third-order valence-corrected chi connectivity index (χ3v) is 7.20. The quantitative estimate of drug-likeness (QED) is 0.773. The second kappa shape index (κ2) is 9.65. The Kier molecular flexibility index (Phi) is 6.88. The number of hydrogen-bond donors (Lipinski definition) is 1. The Balaban J connectivity index is 1.33. The molecule has 8 heteroatoms. The maximum Gasteiger partial charge on any atom is 0.409 e. The van der Waals surface area contributed by atoms with Gasteiger partial charge in [-0.2, -0.15) is 0 Å². The summed E-state index contributed by atoms with van der Waals surface area (Å²) in [6, 6.07) is 4.20. The molecule has 0 aromatic carbocycles. The van der Waals surface area contributed by atoms with Crippen molar-refractivity contribution in [2.75, 3.05) is 50.8 Å². The highest BCUT2D eigenvalue weighted by Gasteiger charge is 2.47. The van der Waals surface area contributed by atoms with Crippen molar-refractivity contribution in [3.8, 4) is 0 Å². The minimum atomic E-state index is -0.176. The zero-order valence-corrected chi connectivity index (χ0v) is 19.7. The number of carbonyl (C=O) groups excluding carboxylic acids is 2. The number of anilines is 1. The Bertz CT molecular complexity index is 814. The number of carbonyl (C=O) groups is 2. The highest BCUT2D eigenvalue weighted by atomic mass is 16.6. The Morgan fingerprint density at radius 1 is 1.22 bits per heavy atom. The molecule has 4 rings (SSSR count). The topological polar surface area (TPSA) is 78.0 Å². The summed E-state index contributed by atoms with van der Waals surface area (Å²) in [5, 5.41) is 3.03. The van der Waals surface area contributed by atoms with Crippen LogP contribution in [0.4, 0.5) is 15.4 Å². The van der Waals surface area contributed by atoms with Crippen LogP contribution in [0.2, 0.25) is 0 Å². The van der Waals surface area contributed by atoms with Crippen LogP contribution in [0.15, 0.2) is 18.3 Å². The van der Waals surface area contributed by atoms with Crippen molar-refractivity contribution in [2.45, 2.75) is 57.9 Å². The molecular formula is C24H37N5O3. The van der Waals surface area contributed by atoms with E-state index in [1.807, 2.05) is 36.6 Å². The molecule has 1 aromatic heterocycles. The van der Waals surface area contributed by atoms with Gasteiger partial charge in [-0.3, -0.25) is 4.90 Å². The number of hydrogen-bond acceptors (Lipinski definition) is 5. The summed E-state index contributed by atoms with van der Waals surface area (Å²) in [5.41, 5.74) is 1.23. The zero-order valence-electron chi connectivity index (χ0n) is 19.7. The van der Waals surface area contributed by atoms with Gasteiger partial charge in [0.2, 0.25) is 0 Å². The van der Waals surface area contributed by atoms with Crippen LogP contribution >= 0.6 is 0 Å². The molecular weight excluding hydrogens is 406 g/mol. The summed E-state index contributed by atoms with van der Waals surface area (Å²) in [7, 11) is 0. The van der Waals surface area contributed by atoms with Crippen molar-refractivity contribution in [1.29, 1.82) is 0 Å². The van der Waals surface area contributed by atoms with Crippen molar-refractivity contribution in [3.63, 3.8) is 0 Å². The Labute approximate surface area is 191 Å². The predicted molar refractivity (Wildman–Crippen MR) is 124 cm³/mol. The summed E-state index contributed by atoms with van der Waals surface area (Å²) < 4.78 is 5.13. The van der Waals surface area contributed by atoms with Crippen LogP contribution in [-0.2, 0) is 10.2 Å². The molecule has 0 atom stereocenters. The number of nitrogens with one attached hydrogen (secondary N) is 1. The summed E-state index contributed by atoms with van der Waals surface area (Å²) in [4.78, 5) is 35.6. The molecule has 1 N–H and O–H groups in total. The van der Waals surface area contributed by atoms with Gasteiger partial charge in [0.1, 0.15) is 5.82 Å². The maximum atomic E-state index is 12.8. The fourth-order valence-electron chi connectivity index (χ4n) is 5.45. The Morgan fingerprint density at radius 2 is 1.94 bits per heavy atom. The molecule has 3 amide bonds. The van der Waals surface area contributed by atoms with Crippen molar-refractivity contribution >= 4 is 17.9 Å². The molecule has 0 bridgehead atoms. The number of pyridine rings is 1. The molecule has 2 fully saturated rings. The van der Waals surface area contributed by atoms with Crippen LogP contribution < -0.4 is 10.2 Å². The van der Waals surface area contributed by atoms with Gasteiger partial charge in [-0.05, 0) is 71.5 Å². The monoisotopic (exact) mass is 443 g/mol. The number of ether oxygens (including phenoxy) is 1. The SMILES string of the molecule is CCOC(=O)N1CCC(CN2CCC3(CC2)CN(C(=O)NC(C)C)c2ncccc23)CC1. The number of amides is 3. The van der Waals surface area contributed by atoms with Crippen LogP contribution in [0.25, 0.3) is 0 Å². The van der Waals surface area contributed by atoms with Gasteiger partial charge in [0, 0.05) is 49.4 Å². The average Bonchev–Trinajstić information content (AvgIpc) is 3.10. The molecule has 176 valence electrons. The van der Waals surface area contributed by atoms with Gasteiger partial charge < -0.3 is 19.9 Å². The van der Waals surface area contributed by atoms with E-state index in [0.29, 0.717) is 19.1 Å². The Morgan fingerprint density at radius 3 is 2.59 bits per heavy atom. The van der Waals surface area contributed by atoms with E-state index in [1.54, 1.807) is 6.20 Å². The van der Waals surface area contributed by atoms with Gasteiger partial charge in [-0.15, -0.1) is 0 Å². The lowest BCUT2D eigenvalue weighted by atomic mass is 9.74. The molecule has 32 heavy (non-hydrogen) atoms. The number of rotatable bonds is 4. The highest BCUT2D eigenvalue weighted by molar-refractivity contribution is 5.94. The van der Waals surface area contributed by atoms with Gasteiger partial charge in [-0.1, -0.05) is 6.07 Å². The van der Waals surface area contributed by atoms with Gasteiger partial charge in [0.05, 0.1) is 6.61 Å². The van der Waals surface area contributed by atoms with Crippen LogP contribution in [0.5, 0.6) is 0 Å². The number of aromatic nitrogens is 1. The molecule has 0 unspecified atom stereocenters. The van der Waals surface area contributed by atoms with Crippen LogP contribution in [0, 0.1) is 5.92 Å². The minimum Gasteiger partial charge on any atom is -0.450 e. The van der Waals surface area contributed by atoms with Crippen LogP contribution in [0.1, 0.15) is 52.0 Å². The number of urea groups is 1. The number of likely N-dealkylation sites (tertiary alicyclic amines) is 2. The molecule has 8 nitrogen and oxygen atoms in total. The van der Waals surface area contributed by atoms with E-state index >= 15 is 0 Å². The third kappa shape index (κ3) is 4.70. The van der Waals surface area contributed by atoms with E-state index in [0.717, 1.165) is 64.2 Å². The molecule has 4 heterocycles. The van der Waals surface area contributed by atoms with E-state index in [2.05, 4.69) is 21.3 Å². The summed E-state index contributed by atoms with van der Waals surface area (Å²) in [6.45, 7) is 11.7. The first kappa shape index (κ1) is 22.8. The van der Waals surface area contributed by atoms with Gasteiger partial charge in [0.25, 0.3) is 0 Å². The molecule has 0 aliphatic carbocycles. The summed E-state index contributed by atoms with van der Waals surface area (Å²) in [6.07, 6.45) is 5.76. The number of nitrogens with zero attached hydrogens (tertiary/aromatic N) is 4. The molecule has 3 aliphatic rings. The van der Waals surface area contributed by atoms with Gasteiger partial charge >= 0.3 is 12.1 Å². The summed E-state index contributed by atoms with van der Waals surface area (Å²) >= 11 is 0. The van der Waals surface area contributed by atoms with E-state index < -0.39 is 0 Å². The molecule has 1 aromatic rings. The maximum absolute atomic E-state index is 12.8. The molecule has 3 aliphatic heterocycles. The van der Waals surface area contributed by atoms with Gasteiger partial charge in [-0.25, -0.2) is 14.6 Å². The normalized spacial score (nSPS) is 21.1. The fraction of sp³-hybridized carbons (Fsp3) is 0.708. The molecule has 1 spiro atoms. The average molecular weight is 444 g/mol. The number of fused-ring (bicyclic) bond motifs is 2. The van der Waals surface area contributed by atoms with E-state index in [9.17, 15) is 9.59 Å². The standard InChI is InChI=1S/C24H37N5O3/c1-4-32-23(31)28-12-7-19(8-13-28)16-27-14-9-24(10-15-27)17-29(22(30)26-18(2)3)21-20(24)6-5-11-25-21/h5-6,11,18-19H,4,7-10,12-17H2,1-3H3,(H,26,30).